The molecule has 88 valence electrons. The van der Waals surface area contributed by atoms with E-state index in [0.717, 1.165) is 6.20 Å². The highest BCUT2D eigenvalue weighted by molar-refractivity contribution is 6.09. The number of nitrogens with one attached hydrogen (secondary N) is 1. The number of fused-ring (bicyclic) bond motifs is 1. The number of aromatic amines is 1. The third-order valence-electron chi connectivity index (χ3n) is 2.34. The summed E-state index contributed by atoms with van der Waals surface area (Å²) in [5.41, 5.74) is -0.0523. The average Bonchev–Trinajstić information content (AvgIpc) is 2.70. The number of carbonyl (C=O) groups is 1. The zero-order valence-electron chi connectivity index (χ0n) is 8.31. The molecule has 0 aliphatic rings. The van der Waals surface area contributed by atoms with E-state index in [1.54, 1.807) is 0 Å². The minimum Gasteiger partial charge on any atom is -0.360 e. The van der Waals surface area contributed by atoms with E-state index in [1.807, 2.05) is 0 Å². The first kappa shape index (κ1) is 11.2. The number of Topliss-reactive ketones (excluding diaryl/α,β-unsaturated/α-hetero) is 1. The van der Waals surface area contributed by atoms with E-state index in [1.165, 1.54) is 18.2 Å². The van der Waals surface area contributed by atoms with Crippen molar-refractivity contribution in [2.24, 2.45) is 0 Å². The zero-order chi connectivity index (χ0) is 12.6. The number of ketones is 1. The molecule has 0 spiro atoms. The fourth-order valence-electron chi connectivity index (χ4n) is 1.55. The van der Waals surface area contributed by atoms with Gasteiger partial charge >= 0.3 is 6.43 Å². The molecule has 0 saturated heterocycles. The first-order valence-corrected chi connectivity index (χ1v) is 4.58. The summed E-state index contributed by atoms with van der Waals surface area (Å²) < 4.78 is 24.5. The molecule has 17 heavy (non-hydrogen) atoms. The van der Waals surface area contributed by atoms with Gasteiger partial charge in [-0.15, -0.1) is 0 Å². The van der Waals surface area contributed by atoms with Crippen LogP contribution in [0, 0.1) is 10.1 Å². The molecule has 0 aliphatic carbocycles. The Morgan fingerprint density at radius 2 is 2.12 bits per heavy atom. The van der Waals surface area contributed by atoms with Gasteiger partial charge in [0.05, 0.1) is 10.4 Å². The number of halogens is 2. The molecule has 0 bridgehead atoms. The molecule has 1 aromatic heterocycles. The van der Waals surface area contributed by atoms with E-state index in [-0.39, 0.29) is 22.2 Å². The van der Waals surface area contributed by atoms with Crippen LogP contribution in [0.25, 0.3) is 10.9 Å². The lowest BCUT2D eigenvalue weighted by molar-refractivity contribution is -0.384. The molecule has 1 N–H and O–H groups in total. The summed E-state index contributed by atoms with van der Waals surface area (Å²) in [4.78, 5) is 23.6. The molecule has 0 fully saturated rings. The van der Waals surface area contributed by atoms with Crippen molar-refractivity contribution in [2.45, 2.75) is 6.43 Å². The molecule has 0 amide bonds. The molecule has 1 aromatic carbocycles. The average molecular weight is 240 g/mol. The Bertz CT molecular complexity index is 607. The van der Waals surface area contributed by atoms with E-state index in [0.29, 0.717) is 0 Å². The topological polar surface area (TPSA) is 76.0 Å². The monoisotopic (exact) mass is 240 g/mol. The molecular weight excluding hydrogens is 234 g/mol. The molecule has 2 rings (SSSR count). The van der Waals surface area contributed by atoms with E-state index in [4.69, 9.17) is 0 Å². The Balaban J connectivity index is 2.56. The van der Waals surface area contributed by atoms with Gasteiger partial charge in [-0.3, -0.25) is 14.9 Å². The van der Waals surface area contributed by atoms with Crippen LogP contribution in [-0.4, -0.2) is 22.1 Å². The summed E-state index contributed by atoms with van der Waals surface area (Å²) in [6.45, 7) is 0. The van der Waals surface area contributed by atoms with Crippen LogP contribution in [0.1, 0.15) is 10.4 Å². The van der Waals surface area contributed by atoms with Crippen LogP contribution in [0.5, 0.6) is 0 Å². The lowest BCUT2D eigenvalue weighted by Gasteiger charge is -1.97. The largest absolute Gasteiger partial charge is 0.360 e. The minimum atomic E-state index is -3.09. The molecule has 7 heteroatoms. The number of carbonyl (C=O) groups excluding carboxylic acids is 1. The van der Waals surface area contributed by atoms with Crippen molar-refractivity contribution < 1.29 is 18.5 Å². The second-order valence-corrected chi connectivity index (χ2v) is 3.35. The SMILES string of the molecule is O=C(c1c[nH]c2cc([N+](=O)[O-])ccc12)C(F)F. The molecule has 2 aromatic rings. The smallest absolute Gasteiger partial charge is 0.300 e. The maximum Gasteiger partial charge on any atom is 0.300 e. The maximum atomic E-state index is 12.3. The van der Waals surface area contributed by atoms with Gasteiger partial charge < -0.3 is 4.98 Å². The fourth-order valence-corrected chi connectivity index (χ4v) is 1.55. The minimum absolute atomic E-state index is 0.162. The lowest BCUT2D eigenvalue weighted by Crippen LogP contribution is -2.09. The number of hydrogen-bond donors (Lipinski definition) is 1. The summed E-state index contributed by atoms with van der Waals surface area (Å²) in [5.74, 6) is -1.30. The molecule has 1 heterocycles. The molecule has 0 aliphatic heterocycles. The first-order chi connectivity index (χ1) is 8.00. The van der Waals surface area contributed by atoms with Crippen molar-refractivity contribution in [1.29, 1.82) is 0 Å². The number of benzene rings is 1. The van der Waals surface area contributed by atoms with Crippen molar-refractivity contribution in [3.63, 3.8) is 0 Å². The van der Waals surface area contributed by atoms with Gasteiger partial charge in [-0.25, -0.2) is 8.78 Å². The summed E-state index contributed by atoms with van der Waals surface area (Å²) in [6, 6.07) is 3.63. The predicted molar refractivity (Wildman–Crippen MR) is 55.3 cm³/mol. The van der Waals surface area contributed by atoms with Crippen molar-refractivity contribution in [3.05, 3.63) is 40.1 Å². The number of aromatic nitrogens is 1. The van der Waals surface area contributed by atoms with Crippen LogP contribution in [0.2, 0.25) is 0 Å². The Morgan fingerprint density at radius 3 is 2.71 bits per heavy atom. The fraction of sp³-hybridized carbons (Fsp3) is 0.100. The van der Waals surface area contributed by atoms with Gasteiger partial charge in [0.2, 0.25) is 5.78 Å². The lowest BCUT2D eigenvalue weighted by atomic mass is 10.1. The van der Waals surface area contributed by atoms with Crippen molar-refractivity contribution in [3.8, 4) is 0 Å². The Morgan fingerprint density at radius 1 is 1.41 bits per heavy atom. The van der Waals surface area contributed by atoms with Gasteiger partial charge in [-0.1, -0.05) is 0 Å². The Labute approximate surface area is 93.2 Å². The maximum absolute atomic E-state index is 12.3. The van der Waals surface area contributed by atoms with Gasteiger partial charge in [-0.2, -0.15) is 0 Å². The number of nitrogens with zero attached hydrogens (tertiary/aromatic N) is 1. The standard InChI is InChI=1S/C10H6F2N2O3/c11-10(12)9(15)7-4-13-8-3-5(14(16)17)1-2-6(7)8/h1-4,10,13H. The zero-order valence-corrected chi connectivity index (χ0v) is 8.31. The molecule has 0 atom stereocenters. The summed E-state index contributed by atoms with van der Waals surface area (Å²) in [5, 5.41) is 10.7. The highest BCUT2D eigenvalue weighted by atomic mass is 19.3. The molecular formula is C10H6F2N2O3. The predicted octanol–water partition coefficient (Wildman–Crippen LogP) is 2.52. The van der Waals surface area contributed by atoms with Gasteiger partial charge in [0.15, 0.2) is 0 Å². The van der Waals surface area contributed by atoms with E-state index >= 15 is 0 Å². The van der Waals surface area contributed by atoms with Crippen LogP contribution in [0.3, 0.4) is 0 Å². The number of nitro groups is 1. The first-order valence-electron chi connectivity index (χ1n) is 4.58. The highest BCUT2D eigenvalue weighted by Crippen LogP contribution is 2.24. The third kappa shape index (κ3) is 1.86. The van der Waals surface area contributed by atoms with Crippen LogP contribution in [0.4, 0.5) is 14.5 Å². The second-order valence-electron chi connectivity index (χ2n) is 3.35. The normalized spacial score (nSPS) is 11.0. The van der Waals surface area contributed by atoms with Crippen LogP contribution < -0.4 is 0 Å². The van der Waals surface area contributed by atoms with Gasteiger partial charge in [0.25, 0.3) is 5.69 Å². The molecule has 0 radical (unpaired) electrons. The van der Waals surface area contributed by atoms with Crippen molar-refractivity contribution in [1.82, 2.24) is 4.98 Å². The number of nitro benzene ring substituents is 1. The number of non-ortho nitro benzene ring substituents is 1. The number of hydrogen-bond acceptors (Lipinski definition) is 3. The van der Waals surface area contributed by atoms with E-state index in [9.17, 15) is 23.7 Å². The van der Waals surface area contributed by atoms with Crippen LogP contribution >= 0.6 is 0 Å². The van der Waals surface area contributed by atoms with E-state index < -0.39 is 17.1 Å². The Hall–Kier alpha value is -2.31. The van der Waals surface area contributed by atoms with Crippen LogP contribution in [0.15, 0.2) is 24.4 Å². The van der Waals surface area contributed by atoms with Crippen LogP contribution in [-0.2, 0) is 0 Å². The van der Waals surface area contributed by atoms with Crippen molar-refractivity contribution in [2.75, 3.05) is 0 Å². The Kier molecular flexibility index (Phi) is 2.58. The van der Waals surface area contributed by atoms with E-state index in [2.05, 4.69) is 4.98 Å². The highest BCUT2D eigenvalue weighted by Gasteiger charge is 2.21. The molecule has 5 nitrogen and oxygen atoms in total. The number of rotatable bonds is 3. The molecule has 0 unspecified atom stereocenters. The van der Waals surface area contributed by atoms with Gasteiger partial charge in [-0.05, 0) is 6.07 Å². The third-order valence-corrected chi connectivity index (χ3v) is 2.34. The van der Waals surface area contributed by atoms with Gasteiger partial charge in [0.1, 0.15) is 0 Å². The quantitative estimate of drug-likeness (QED) is 0.508. The van der Waals surface area contributed by atoms with Gasteiger partial charge in [0, 0.05) is 29.3 Å². The summed E-state index contributed by atoms with van der Waals surface area (Å²) >= 11 is 0. The van der Waals surface area contributed by atoms with Crippen molar-refractivity contribution >= 4 is 22.4 Å². The molecule has 0 saturated carbocycles. The summed E-state index contributed by atoms with van der Waals surface area (Å²) in [7, 11) is 0. The summed E-state index contributed by atoms with van der Waals surface area (Å²) in [6.07, 6.45) is -1.97. The second kappa shape index (κ2) is 3.93. The number of alkyl halides is 2. The number of H-pyrrole nitrogens is 1.